The van der Waals surface area contributed by atoms with Crippen molar-refractivity contribution in [3.8, 4) is 5.75 Å². The molecule has 3 fully saturated rings. The van der Waals surface area contributed by atoms with Crippen LogP contribution >= 0.6 is 0 Å². The maximum Gasteiger partial charge on any atom is 0.387 e. The van der Waals surface area contributed by atoms with Crippen molar-refractivity contribution in [2.24, 2.45) is 5.92 Å². The van der Waals surface area contributed by atoms with Crippen molar-refractivity contribution in [2.45, 2.75) is 38.6 Å². The molecule has 0 radical (unpaired) electrons. The molecule has 5 rings (SSSR count). The molecular weight excluding hydrogens is 348 g/mol. The van der Waals surface area contributed by atoms with Crippen LogP contribution < -0.4 is 4.74 Å². The van der Waals surface area contributed by atoms with Crippen LogP contribution in [0.15, 0.2) is 48.8 Å². The highest BCUT2D eigenvalue weighted by atomic mass is 19.3. The minimum absolute atomic E-state index is 0.216. The first kappa shape index (κ1) is 18.3. The fourth-order valence-corrected chi connectivity index (χ4v) is 4.36. The van der Waals surface area contributed by atoms with Gasteiger partial charge < -0.3 is 4.74 Å². The molecule has 2 atom stereocenters. The van der Waals surface area contributed by atoms with Crippen LogP contribution in [-0.4, -0.2) is 47.1 Å². The molecule has 0 saturated carbocycles. The number of piperidine rings is 1. The lowest BCUT2D eigenvalue weighted by atomic mass is 9.94. The molecule has 27 heavy (non-hydrogen) atoms. The summed E-state index contributed by atoms with van der Waals surface area (Å²) < 4.78 is 29.0. The van der Waals surface area contributed by atoms with Crippen LogP contribution in [0, 0.1) is 5.92 Å². The van der Waals surface area contributed by atoms with Gasteiger partial charge in [-0.15, -0.1) is 0 Å². The van der Waals surface area contributed by atoms with Crippen molar-refractivity contribution in [3.05, 3.63) is 59.9 Å². The zero-order valence-corrected chi connectivity index (χ0v) is 15.3. The molecule has 3 saturated heterocycles. The minimum Gasteiger partial charge on any atom is -0.435 e. The van der Waals surface area contributed by atoms with E-state index < -0.39 is 6.61 Å². The lowest BCUT2D eigenvalue weighted by molar-refractivity contribution is -0.0498. The van der Waals surface area contributed by atoms with Gasteiger partial charge in [0.15, 0.2) is 0 Å². The van der Waals surface area contributed by atoms with Crippen molar-refractivity contribution in [1.82, 2.24) is 14.8 Å². The number of alkyl halides is 2. The van der Waals surface area contributed by atoms with Crippen LogP contribution in [0.5, 0.6) is 5.75 Å². The number of rotatable bonds is 6. The van der Waals surface area contributed by atoms with Gasteiger partial charge in [-0.25, -0.2) is 0 Å². The van der Waals surface area contributed by atoms with Gasteiger partial charge in [0, 0.05) is 51.2 Å². The molecule has 2 aromatic rings. The summed E-state index contributed by atoms with van der Waals surface area (Å²) in [6.45, 7) is 2.33. The van der Waals surface area contributed by atoms with E-state index in [1.54, 1.807) is 12.1 Å². The average molecular weight is 373 g/mol. The van der Waals surface area contributed by atoms with Crippen LogP contribution in [0.25, 0.3) is 0 Å². The van der Waals surface area contributed by atoms with E-state index in [1.165, 1.54) is 18.4 Å². The zero-order valence-electron chi connectivity index (χ0n) is 15.3. The molecule has 0 N–H and O–H groups in total. The van der Waals surface area contributed by atoms with Crippen LogP contribution in [0.1, 0.15) is 24.0 Å². The smallest absolute Gasteiger partial charge is 0.387 e. The molecule has 0 amide bonds. The highest BCUT2D eigenvalue weighted by molar-refractivity contribution is 5.27. The Morgan fingerprint density at radius 3 is 2.59 bits per heavy atom. The summed E-state index contributed by atoms with van der Waals surface area (Å²) in [5.74, 6) is 0.899. The number of ether oxygens (including phenoxy) is 1. The number of hydrogen-bond acceptors (Lipinski definition) is 4. The van der Waals surface area contributed by atoms with E-state index in [1.807, 2.05) is 30.6 Å². The number of benzene rings is 1. The lowest BCUT2D eigenvalue weighted by Gasteiger charge is -2.36. The summed E-state index contributed by atoms with van der Waals surface area (Å²) in [7, 11) is 0. The van der Waals surface area contributed by atoms with E-state index in [4.69, 9.17) is 0 Å². The number of hydrogen-bond donors (Lipinski definition) is 0. The molecule has 2 bridgehead atoms. The Hall–Kier alpha value is -2.05. The Labute approximate surface area is 158 Å². The fraction of sp³-hybridized carbons (Fsp3) is 0.476. The molecule has 0 unspecified atom stereocenters. The Morgan fingerprint density at radius 1 is 1.00 bits per heavy atom. The van der Waals surface area contributed by atoms with Crippen molar-refractivity contribution < 1.29 is 13.5 Å². The SMILES string of the molecule is FC(F)Oc1ccc(CN2C[C@@H]3CC[C@H]2CN(Cc2cccnc2)C3)cc1. The molecule has 3 aliphatic rings. The molecular formula is C21H25F2N3O. The van der Waals surface area contributed by atoms with Crippen LogP contribution in [0.2, 0.25) is 0 Å². The van der Waals surface area contributed by atoms with Gasteiger partial charge in [-0.3, -0.25) is 14.8 Å². The minimum atomic E-state index is -2.78. The van der Waals surface area contributed by atoms with Crippen LogP contribution in [-0.2, 0) is 13.1 Å². The van der Waals surface area contributed by atoms with Crippen LogP contribution in [0.3, 0.4) is 0 Å². The molecule has 144 valence electrons. The van der Waals surface area contributed by atoms with E-state index in [2.05, 4.69) is 25.6 Å². The van der Waals surface area contributed by atoms with Crippen molar-refractivity contribution in [1.29, 1.82) is 0 Å². The zero-order chi connectivity index (χ0) is 18.6. The first-order valence-corrected chi connectivity index (χ1v) is 9.55. The third-order valence-corrected chi connectivity index (χ3v) is 5.57. The summed E-state index contributed by atoms with van der Waals surface area (Å²) in [5.41, 5.74) is 2.41. The number of fused-ring (bicyclic) bond motifs is 4. The van der Waals surface area contributed by atoms with Gasteiger partial charge >= 0.3 is 6.61 Å². The summed E-state index contributed by atoms with van der Waals surface area (Å²) in [5, 5.41) is 0. The summed E-state index contributed by atoms with van der Waals surface area (Å²) in [6.07, 6.45) is 6.27. The van der Waals surface area contributed by atoms with Gasteiger partial charge in [-0.1, -0.05) is 18.2 Å². The lowest BCUT2D eigenvalue weighted by Crippen LogP contribution is -2.43. The van der Waals surface area contributed by atoms with E-state index >= 15 is 0 Å². The Morgan fingerprint density at radius 2 is 1.85 bits per heavy atom. The number of aromatic nitrogens is 1. The first-order chi connectivity index (χ1) is 13.2. The van der Waals surface area contributed by atoms with E-state index in [-0.39, 0.29) is 5.75 Å². The summed E-state index contributed by atoms with van der Waals surface area (Å²) in [4.78, 5) is 9.34. The Balaban J connectivity index is 1.39. The number of pyridine rings is 1. The second kappa shape index (κ2) is 8.31. The average Bonchev–Trinajstić information content (AvgIpc) is 2.94. The Kier molecular flexibility index (Phi) is 5.64. The fourth-order valence-electron chi connectivity index (χ4n) is 4.36. The van der Waals surface area contributed by atoms with Crippen LogP contribution in [0.4, 0.5) is 8.78 Å². The van der Waals surface area contributed by atoms with Gasteiger partial charge in [-0.2, -0.15) is 8.78 Å². The van der Waals surface area contributed by atoms with Crippen molar-refractivity contribution in [3.63, 3.8) is 0 Å². The van der Waals surface area contributed by atoms with Gasteiger partial charge in [0.05, 0.1) is 0 Å². The van der Waals surface area contributed by atoms with Gasteiger partial charge in [0.2, 0.25) is 0 Å². The van der Waals surface area contributed by atoms with E-state index in [9.17, 15) is 8.78 Å². The van der Waals surface area contributed by atoms with Crippen molar-refractivity contribution in [2.75, 3.05) is 19.6 Å². The van der Waals surface area contributed by atoms with Gasteiger partial charge in [0.1, 0.15) is 5.75 Å². The quantitative estimate of drug-likeness (QED) is 0.771. The highest BCUT2D eigenvalue weighted by Gasteiger charge is 2.34. The number of nitrogens with zero attached hydrogens (tertiary/aromatic N) is 3. The topological polar surface area (TPSA) is 28.6 Å². The molecule has 4 nitrogen and oxygen atoms in total. The molecule has 0 aliphatic carbocycles. The third kappa shape index (κ3) is 4.82. The van der Waals surface area contributed by atoms with E-state index in [0.29, 0.717) is 12.0 Å². The first-order valence-electron chi connectivity index (χ1n) is 9.55. The second-order valence-corrected chi connectivity index (χ2v) is 7.60. The predicted octanol–water partition coefficient (Wildman–Crippen LogP) is 3.78. The molecule has 6 heteroatoms. The maximum absolute atomic E-state index is 12.3. The Bertz CT molecular complexity index is 726. The monoisotopic (exact) mass is 373 g/mol. The second-order valence-electron chi connectivity index (χ2n) is 7.60. The van der Waals surface area contributed by atoms with Gasteiger partial charge in [0.25, 0.3) is 0 Å². The van der Waals surface area contributed by atoms with Crippen molar-refractivity contribution >= 4 is 0 Å². The maximum atomic E-state index is 12.3. The molecule has 3 aliphatic heterocycles. The molecule has 1 aromatic carbocycles. The predicted molar refractivity (Wildman–Crippen MR) is 99.5 cm³/mol. The molecule has 1 aromatic heterocycles. The standard InChI is InChI=1S/C21H25F2N3O/c22-21(23)27-20-7-4-16(5-8-20)13-26-14-18-3-6-19(26)15-25(12-18)11-17-2-1-9-24-10-17/h1-2,4-5,7-10,18-19,21H,3,6,11-15H2/t18-,19+/m1/s1. The normalized spacial score (nSPS) is 23.5. The largest absolute Gasteiger partial charge is 0.435 e. The van der Waals surface area contributed by atoms with Gasteiger partial charge in [-0.05, 0) is 48.1 Å². The summed E-state index contributed by atoms with van der Waals surface area (Å²) in [6, 6.07) is 11.7. The molecule has 0 spiro atoms. The summed E-state index contributed by atoms with van der Waals surface area (Å²) >= 11 is 0. The van der Waals surface area contributed by atoms with E-state index in [0.717, 1.165) is 38.3 Å². The highest BCUT2D eigenvalue weighted by Crippen LogP contribution is 2.30. The number of halogens is 2. The molecule has 4 heterocycles. The third-order valence-electron chi connectivity index (χ3n) is 5.57.